The molecule has 22 heavy (non-hydrogen) atoms. The van der Waals surface area contributed by atoms with Crippen LogP contribution in [0.4, 0.5) is 0 Å². The van der Waals surface area contributed by atoms with E-state index in [1.807, 2.05) is 25.1 Å². The molecule has 0 fully saturated rings. The number of hydrogen-bond acceptors (Lipinski definition) is 5. The number of nitrogens with zero attached hydrogens (tertiary/aromatic N) is 1. The van der Waals surface area contributed by atoms with Crippen LogP contribution in [0.2, 0.25) is 9.49 Å². The van der Waals surface area contributed by atoms with Gasteiger partial charge < -0.3 is 4.74 Å². The maximum absolute atomic E-state index is 10.7. The SMILES string of the molecule is CC(=O)NOCc1ccc(OCc2nc(Cl)c(Cl)s2)cc1C. The van der Waals surface area contributed by atoms with Gasteiger partial charge in [-0.05, 0) is 30.2 Å². The molecule has 2 rings (SSSR count). The number of ether oxygens (including phenoxy) is 1. The molecule has 1 N–H and O–H groups in total. The van der Waals surface area contributed by atoms with Gasteiger partial charge in [-0.2, -0.15) is 0 Å². The van der Waals surface area contributed by atoms with E-state index in [1.165, 1.54) is 18.3 Å². The van der Waals surface area contributed by atoms with Crippen LogP contribution in [0, 0.1) is 6.92 Å². The van der Waals surface area contributed by atoms with Gasteiger partial charge in [-0.3, -0.25) is 9.63 Å². The van der Waals surface area contributed by atoms with Crippen LogP contribution in [0.15, 0.2) is 18.2 Å². The largest absolute Gasteiger partial charge is 0.486 e. The van der Waals surface area contributed by atoms with Gasteiger partial charge in [-0.1, -0.05) is 29.3 Å². The van der Waals surface area contributed by atoms with Crippen LogP contribution in [-0.2, 0) is 22.8 Å². The monoisotopic (exact) mass is 360 g/mol. The quantitative estimate of drug-likeness (QED) is 0.793. The summed E-state index contributed by atoms with van der Waals surface area (Å²) in [5, 5.41) is 1.01. The van der Waals surface area contributed by atoms with Gasteiger partial charge in [0.2, 0.25) is 5.91 Å². The van der Waals surface area contributed by atoms with Crippen LogP contribution in [0.3, 0.4) is 0 Å². The van der Waals surface area contributed by atoms with E-state index in [9.17, 15) is 4.79 Å². The number of rotatable bonds is 6. The first kappa shape index (κ1) is 17.0. The second-order valence-electron chi connectivity index (χ2n) is 4.50. The first-order chi connectivity index (χ1) is 10.5. The molecule has 0 bridgehead atoms. The van der Waals surface area contributed by atoms with E-state index in [-0.39, 0.29) is 5.91 Å². The Balaban J connectivity index is 1.92. The average Bonchev–Trinajstić information content (AvgIpc) is 2.77. The molecular formula is C14H14Cl2N2O3S. The number of carbonyl (C=O) groups is 1. The molecule has 2 aromatic rings. The molecule has 0 unspecified atom stereocenters. The number of amides is 1. The molecule has 0 saturated heterocycles. The van der Waals surface area contributed by atoms with Gasteiger partial charge in [0.1, 0.15) is 28.3 Å². The molecular weight excluding hydrogens is 347 g/mol. The van der Waals surface area contributed by atoms with E-state index in [0.717, 1.165) is 11.1 Å². The zero-order chi connectivity index (χ0) is 16.1. The number of halogens is 2. The van der Waals surface area contributed by atoms with Crippen LogP contribution >= 0.6 is 34.5 Å². The first-order valence-corrected chi connectivity index (χ1v) is 7.94. The van der Waals surface area contributed by atoms with Crippen LogP contribution < -0.4 is 10.2 Å². The topological polar surface area (TPSA) is 60.5 Å². The van der Waals surface area contributed by atoms with E-state index < -0.39 is 0 Å². The van der Waals surface area contributed by atoms with Crippen molar-refractivity contribution in [1.82, 2.24) is 10.5 Å². The lowest BCUT2D eigenvalue weighted by Crippen LogP contribution is -2.20. The van der Waals surface area contributed by atoms with Crippen LogP contribution in [0.1, 0.15) is 23.1 Å². The number of benzene rings is 1. The highest BCUT2D eigenvalue weighted by atomic mass is 35.5. The summed E-state index contributed by atoms with van der Waals surface area (Å²) in [6.07, 6.45) is 0. The standard InChI is InChI=1S/C14H14Cl2N2O3S/c1-8-5-11(4-3-10(8)6-21-18-9(2)19)20-7-12-17-13(15)14(16)22-12/h3-5H,6-7H2,1-2H3,(H,18,19). The molecule has 1 aromatic heterocycles. The van der Waals surface area contributed by atoms with Crippen molar-refractivity contribution >= 4 is 40.4 Å². The predicted molar refractivity (Wildman–Crippen MR) is 86.3 cm³/mol. The summed E-state index contributed by atoms with van der Waals surface area (Å²) in [6.45, 7) is 3.93. The molecule has 1 amide bonds. The normalized spacial score (nSPS) is 10.5. The number of thiazole rings is 1. The fourth-order valence-electron chi connectivity index (χ4n) is 1.66. The third-order valence-corrected chi connectivity index (χ3v) is 4.42. The van der Waals surface area contributed by atoms with Crippen molar-refractivity contribution in [2.45, 2.75) is 27.1 Å². The minimum Gasteiger partial charge on any atom is -0.486 e. The fraction of sp³-hybridized carbons (Fsp3) is 0.286. The summed E-state index contributed by atoms with van der Waals surface area (Å²) in [5.41, 5.74) is 4.25. The molecule has 0 aliphatic rings. The molecule has 0 spiro atoms. The number of aryl methyl sites for hydroxylation is 1. The number of hydrogen-bond donors (Lipinski definition) is 1. The maximum atomic E-state index is 10.7. The Bertz CT molecular complexity index is 657. The summed E-state index contributed by atoms with van der Waals surface area (Å²) in [6, 6.07) is 5.61. The van der Waals surface area contributed by atoms with Crippen LogP contribution in [-0.4, -0.2) is 10.9 Å². The maximum Gasteiger partial charge on any atom is 0.240 e. The van der Waals surface area contributed by atoms with Gasteiger partial charge in [0.25, 0.3) is 0 Å². The summed E-state index contributed by atoms with van der Waals surface area (Å²) >= 11 is 12.9. The lowest BCUT2D eigenvalue weighted by molar-refractivity contribution is -0.132. The summed E-state index contributed by atoms with van der Waals surface area (Å²) in [5.74, 6) is 0.474. The minimum atomic E-state index is -0.238. The van der Waals surface area contributed by atoms with Gasteiger partial charge in [0.05, 0.1) is 0 Å². The number of aromatic nitrogens is 1. The Morgan fingerprint density at radius 2 is 2.14 bits per heavy atom. The molecule has 1 heterocycles. The molecule has 8 heteroatoms. The lowest BCUT2D eigenvalue weighted by atomic mass is 10.1. The minimum absolute atomic E-state index is 0.238. The van der Waals surface area contributed by atoms with E-state index in [1.54, 1.807) is 0 Å². The van der Waals surface area contributed by atoms with E-state index in [4.69, 9.17) is 32.8 Å². The number of hydroxylamine groups is 1. The first-order valence-electron chi connectivity index (χ1n) is 6.37. The van der Waals surface area contributed by atoms with Gasteiger partial charge in [-0.25, -0.2) is 10.5 Å². The van der Waals surface area contributed by atoms with Crippen molar-refractivity contribution in [3.8, 4) is 5.75 Å². The highest BCUT2D eigenvalue weighted by Crippen LogP contribution is 2.29. The summed E-state index contributed by atoms with van der Waals surface area (Å²) in [4.78, 5) is 19.9. The number of carbonyl (C=O) groups excluding carboxylic acids is 1. The Labute approximate surface area is 142 Å². The van der Waals surface area contributed by atoms with Crippen LogP contribution in [0.25, 0.3) is 0 Å². The Kier molecular flexibility index (Phi) is 6.02. The van der Waals surface area contributed by atoms with Gasteiger partial charge >= 0.3 is 0 Å². The summed E-state index contributed by atoms with van der Waals surface area (Å²) < 4.78 is 6.12. The van der Waals surface area contributed by atoms with Crippen molar-refractivity contribution in [2.24, 2.45) is 0 Å². The second-order valence-corrected chi connectivity index (χ2v) is 6.54. The molecule has 1 aromatic carbocycles. The summed E-state index contributed by atoms with van der Waals surface area (Å²) in [7, 11) is 0. The Morgan fingerprint density at radius 3 is 2.73 bits per heavy atom. The van der Waals surface area contributed by atoms with E-state index >= 15 is 0 Å². The highest BCUT2D eigenvalue weighted by Gasteiger charge is 2.08. The lowest BCUT2D eigenvalue weighted by Gasteiger charge is -2.10. The molecule has 0 aliphatic carbocycles. The number of nitrogens with one attached hydrogen (secondary N) is 1. The zero-order valence-electron chi connectivity index (χ0n) is 12.0. The van der Waals surface area contributed by atoms with Crippen LogP contribution in [0.5, 0.6) is 5.75 Å². The molecule has 0 saturated carbocycles. The highest BCUT2D eigenvalue weighted by molar-refractivity contribution is 7.16. The molecule has 0 aliphatic heterocycles. The zero-order valence-corrected chi connectivity index (χ0v) is 14.3. The fourth-order valence-corrected chi connectivity index (χ4v) is 2.83. The Morgan fingerprint density at radius 1 is 1.36 bits per heavy atom. The van der Waals surface area contributed by atoms with Gasteiger partial charge in [0, 0.05) is 6.92 Å². The van der Waals surface area contributed by atoms with Crippen molar-refractivity contribution in [1.29, 1.82) is 0 Å². The predicted octanol–water partition coefficient (Wildman–Crippen LogP) is 3.91. The smallest absolute Gasteiger partial charge is 0.240 e. The van der Waals surface area contributed by atoms with Crippen molar-refractivity contribution in [3.05, 3.63) is 43.8 Å². The molecule has 118 valence electrons. The third-order valence-electron chi connectivity index (χ3n) is 2.71. The van der Waals surface area contributed by atoms with Gasteiger partial charge in [0.15, 0.2) is 5.15 Å². The van der Waals surface area contributed by atoms with E-state index in [2.05, 4.69) is 10.5 Å². The van der Waals surface area contributed by atoms with E-state index in [0.29, 0.717) is 33.5 Å². The van der Waals surface area contributed by atoms with Gasteiger partial charge in [-0.15, -0.1) is 11.3 Å². The third kappa shape index (κ3) is 4.84. The molecule has 0 radical (unpaired) electrons. The molecule has 5 nitrogen and oxygen atoms in total. The second kappa shape index (κ2) is 7.78. The van der Waals surface area contributed by atoms with Crippen molar-refractivity contribution < 1.29 is 14.4 Å². The molecule has 0 atom stereocenters. The average molecular weight is 361 g/mol. The Hall–Kier alpha value is -1.34. The van der Waals surface area contributed by atoms with Crippen molar-refractivity contribution in [2.75, 3.05) is 0 Å². The van der Waals surface area contributed by atoms with Crippen molar-refractivity contribution in [3.63, 3.8) is 0 Å².